The maximum Gasteiger partial charge on any atom is 0.338 e. The number of nitrogens with zero attached hydrogens (tertiary/aromatic N) is 2. The van der Waals surface area contributed by atoms with Gasteiger partial charge in [-0.15, -0.1) is 0 Å². The van der Waals surface area contributed by atoms with Gasteiger partial charge < -0.3 is 15.0 Å². The number of nitrogens with one attached hydrogen (secondary N) is 1. The van der Waals surface area contributed by atoms with E-state index in [0.717, 1.165) is 51.6 Å². The number of benzene rings is 1. The van der Waals surface area contributed by atoms with Crippen molar-refractivity contribution in [3.63, 3.8) is 0 Å². The first kappa shape index (κ1) is 23.0. The van der Waals surface area contributed by atoms with Crippen LogP contribution in [0.3, 0.4) is 0 Å². The maximum absolute atomic E-state index is 12.4. The highest BCUT2D eigenvalue weighted by Gasteiger charge is 2.25. The summed E-state index contributed by atoms with van der Waals surface area (Å²) in [7, 11) is 0. The highest BCUT2D eigenvalue weighted by Crippen LogP contribution is 2.32. The van der Waals surface area contributed by atoms with Crippen molar-refractivity contribution in [1.82, 2.24) is 5.32 Å². The summed E-state index contributed by atoms with van der Waals surface area (Å²) in [6.07, 6.45) is 9.67. The largest absolute Gasteiger partial charge is 0.452 e. The van der Waals surface area contributed by atoms with Crippen LogP contribution in [0.1, 0.15) is 75.1 Å². The lowest BCUT2D eigenvalue weighted by molar-refractivity contribution is -0.384. The maximum atomic E-state index is 12.4. The van der Waals surface area contributed by atoms with Crippen LogP contribution in [0.4, 0.5) is 11.4 Å². The highest BCUT2D eigenvalue weighted by atomic mass is 16.6. The van der Waals surface area contributed by atoms with Gasteiger partial charge in [0.25, 0.3) is 11.6 Å². The molecule has 170 valence electrons. The van der Waals surface area contributed by atoms with Gasteiger partial charge in [0.15, 0.2) is 6.61 Å². The Hall–Kier alpha value is -2.64. The van der Waals surface area contributed by atoms with Gasteiger partial charge in [0.2, 0.25) is 0 Å². The third-order valence-electron chi connectivity index (χ3n) is 6.34. The number of carbonyl (C=O) groups excluding carboxylic acids is 2. The van der Waals surface area contributed by atoms with Gasteiger partial charge in [-0.3, -0.25) is 14.9 Å². The Morgan fingerprint density at radius 2 is 1.74 bits per heavy atom. The lowest BCUT2D eigenvalue weighted by atomic mass is 9.97. The van der Waals surface area contributed by atoms with Gasteiger partial charge in [0.1, 0.15) is 5.69 Å². The van der Waals surface area contributed by atoms with Crippen molar-refractivity contribution in [2.45, 2.75) is 70.8 Å². The van der Waals surface area contributed by atoms with Crippen LogP contribution in [0.5, 0.6) is 0 Å². The molecule has 2 aliphatic rings. The Morgan fingerprint density at radius 1 is 1.10 bits per heavy atom. The minimum Gasteiger partial charge on any atom is -0.452 e. The molecule has 0 unspecified atom stereocenters. The molecule has 1 aliphatic carbocycles. The summed E-state index contributed by atoms with van der Waals surface area (Å²) in [5.41, 5.74) is 0.498. The molecule has 8 heteroatoms. The molecule has 0 bridgehead atoms. The summed E-state index contributed by atoms with van der Waals surface area (Å²) in [6, 6.07) is 4.52. The molecule has 1 aliphatic heterocycles. The fourth-order valence-corrected chi connectivity index (χ4v) is 4.40. The molecule has 0 spiro atoms. The van der Waals surface area contributed by atoms with E-state index in [-0.39, 0.29) is 29.8 Å². The molecular weight excluding hydrogens is 398 g/mol. The second-order valence-corrected chi connectivity index (χ2v) is 8.82. The lowest BCUT2D eigenvalue weighted by Gasteiger charge is -2.31. The van der Waals surface area contributed by atoms with E-state index < -0.39 is 10.9 Å². The van der Waals surface area contributed by atoms with E-state index >= 15 is 0 Å². The van der Waals surface area contributed by atoms with E-state index in [9.17, 15) is 19.7 Å². The molecule has 1 amide bonds. The minimum atomic E-state index is -0.727. The fraction of sp³-hybridized carbons (Fsp3) is 0.652. The number of nitro benzene ring substituents is 1. The van der Waals surface area contributed by atoms with Crippen molar-refractivity contribution in [2.75, 3.05) is 24.6 Å². The van der Waals surface area contributed by atoms with Crippen molar-refractivity contribution in [1.29, 1.82) is 0 Å². The first-order valence-electron chi connectivity index (χ1n) is 11.4. The Morgan fingerprint density at radius 3 is 2.39 bits per heavy atom. The summed E-state index contributed by atoms with van der Waals surface area (Å²) in [5, 5.41) is 14.6. The van der Waals surface area contributed by atoms with E-state index in [2.05, 4.69) is 12.2 Å². The normalized spacial score (nSPS) is 18.7. The second kappa shape index (κ2) is 11.1. The van der Waals surface area contributed by atoms with Crippen molar-refractivity contribution in [3.05, 3.63) is 33.9 Å². The molecule has 8 nitrogen and oxygen atoms in total. The minimum absolute atomic E-state index is 0.0829. The van der Waals surface area contributed by atoms with Gasteiger partial charge in [0, 0.05) is 25.2 Å². The number of piperidine rings is 1. The summed E-state index contributed by atoms with van der Waals surface area (Å²) in [4.78, 5) is 37.7. The van der Waals surface area contributed by atoms with E-state index in [1.807, 2.05) is 4.90 Å². The molecule has 3 rings (SSSR count). The third kappa shape index (κ3) is 6.67. The molecule has 1 N–H and O–H groups in total. The number of ether oxygens (including phenoxy) is 1. The quantitative estimate of drug-likeness (QED) is 0.411. The molecule has 1 aromatic rings. The van der Waals surface area contributed by atoms with Crippen LogP contribution in [-0.2, 0) is 9.53 Å². The number of esters is 1. The van der Waals surface area contributed by atoms with Crippen LogP contribution in [0.15, 0.2) is 18.2 Å². The standard InChI is InChI=1S/C23H33N3O5/c1-17-11-13-25(14-12-17)20-10-9-18(15-21(20)26(29)30)23(28)31-16-22(27)24-19-7-5-3-2-4-6-8-19/h9-10,15,17,19H,2-8,11-14,16H2,1H3,(H,24,27). The average molecular weight is 432 g/mol. The zero-order chi connectivity index (χ0) is 22.2. The number of amides is 1. The Labute approximate surface area is 183 Å². The first-order chi connectivity index (χ1) is 14.9. The zero-order valence-corrected chi connectivity index (χ0v) is 18.3. The Bertz CT molecular complexity index is 781. The molecule has 2 fully saturated rings. The van der Waals surface area contributed by atoms with Crippen molar-refractivity contribution in [3.8, 4) is 0 Å². The summed E-state index contributed by atoms with van der Waals surface area (Å²) < 4.78 is 5.13. The molecule has 0 aromatic heterocycles. The second-order valence-electron chi connectivity index (χ2n) is 8.82. The van der Waals surface area contributed by atoms with Crippen molar-refractivity contribution < 1.29 is 19.2 Å². The number of nitro groups is 1. The van der Waals surface area contributed by atoms with Crippen LogP contribution in [0, 0.1) is 16.0 Å². The predicted molar refractivity (Wildman–Crippen MR) is 118 cm³/mol. The number of hydrogen-bond donors (Lipinski definition) is 1. The van der Waals surface area contributed by atoms with Crippen LogP contribution in [-0.4, -0.2) is 42.5 Å². The van der Waals surface area contributed by atoms with Crippen LogP contribution in [0.2, 0.25) is 0 Å². The summed E-state index contributed by atoms with van der Waals surface area (Å²) in [5.74, 6) is -0.444. The van der Waals surface area contributed by atoms with Crippen molar-refractivity contribution >= 4 is 23.3 Å². The molecule has 1 aromatic carbocycles. The van der Waals surface area contributed by atoms with E-state index in [1.165, 1.54) is 31.4 Å². The van der Waals surface area contributed by atoms with E-state index in [1.54, 1.807) is 6.07 Å². The molecule has 1 saturated heterocycles. The summed E-state index contributed by atoms with van der Waals surface area (Å²) in [6.45, 7) is 3.31. The van der Waals surface area contributed by atoms with Crippen LogP contribution >= 0.6 is 0 Å². The SMILES string of the molecule is CC1CCN(c2ccc(C(=O)OCC(=O)NC3CCCCCCC3)cc2[N+](=O)[O-])CC1. The van der Waals surface area contributed by atoms with Crippen molar-refractivity contribution in [2.24, 2.45) is 5.92 Å². The molecule has 0 radical (unpaired) electrons. The van der Waals surface area contributed by atoms with Gasteiger partial charge in [0.05, 0.1) is 10.5 Å². The monoisotopic (exact) mass is 431 g/mol. The van der Waals surface area contributed by atoms with E-state index in [0.29, 0.717) is 11.6 Å². The molecule has 31 heavy (non-hydrogen) atoms. The highest BCUT2D eigenvalue weighted by molar-refractivity contribution is 5.93. The van der Waals surface area contributed by atoms with Gasteiger partial charge >= 0.3 is 5.97 Å². The van der Waals surface area contributed by atoms with Gasteiger partial charge in [-0.25, -0.2) is 4.79 Å². The number of anilines is 1. The zero-order valence-electron chi connectivity index (χ0n) is 18.3. The van der Waals surface area contributed by atoms with Gasteiger partial charge in [-0.05, 0) is 43.7 Å². The number of rotatable bonds is 6. The third-order valence-corrected chi connectivity index (χ3v) is 6.34. The first-order valence-corrected chi connectivity index (χ1v) is 11.4. The molecular formula is C23H33N3O5. The number of carbonyl (C=O) groups is 2. The number of hydrogen-bond acceptors (Lipinski definition) is 6. The van der Waals surface area contributed by atoms with Gasteiger partial charge in [-0.1, -0.05) is 39.0 Å². The topological polar surface area (TPSA) is 102 Å². The average Bonchev–Trinajstić information content (AvgIpc) is 2.74. The van der Waals surface area contributed by atoms with E-state index in [4.69, 9.17) is 4.74 Å². The fourth-order valence-electron chi connectivity index (χ4n) is 4.40. The predicted octanol–water partition coefficient (Wildman–Crippen LogP) is 4.22. The van der Waals surface area contributed by atoms with Crippen LogP contribution in [0.25, 0.3) is 0 Å². The van der Waals surface area contributed by atoms with Crippen LogP contribution < -0.4 is 10.2 Å². The lowest BCUT2D eigenvalue weighted by Crippen LogP contribution is -2.38. The molecule has 1 saturated carbocycles. The van der Waals surface area contributed by atoms with Gasteiger partial charge in [-0.2, -0.15) is 0 Å². The molecule has 1 heterocycles. The Kier molecular flexibility index (Phi) is 8.26. The molecule has 0 atom stereocenters. The Balaban J connectivity index is 1.57. The summed E-state index contributed by atoms with van der Waals surface area (Å²) >= 11 is 0. The smallest absolute Gasteiger partial charge is 0.338 e.